The van der Waals surface area contributed by atoms with Crippen LogP contribution in [-0.4, -0.2) is 22.0 Å². The Labute approximate surface area is 178 Å². The number of imidazole rings is 1. The molecule has 0 bridgehead atoms. The van der Waals surface area contributed by atoms with Crippen LogP contribution in [0.15, 0.2) is 36.4 Å². The van der Waals surface area contributed by atoms with Crippen LogP contribution in [0.2, 0.25) is 0 Å². The Bertz CT molecular complexity index is 1020. The van der Waals surface area contributed by atoms with Gasteiger partial charge in [0.1, 0.15) is 17.7 Å². The fraction of sp³-hybridized carbons (Fsp3) is 0.440. The maximum Gasteiger partial charge on any atom is 0.243 e. The number of benzene rings is 2. The normalized spacial score (nSPS) is 12.5. The Morgan fingerprint density at radius 3 is 2.43 bits per heavy atom. The van der Waals surface area contributed by atoms with E-state index in [-0.39, 0.29) is 17.8 Å². The lowest BCUT2D eigenvalue weighted by Crippen LogP contribution is -2.35. The molecule has 1 unspecified atom stereocenters. The van der Waals surface area contributed by atoms with Crippen LogP contribution in [0, 0.1) is 25.6 Å². The van der Waals surface area contributed by atoms with Crippen LogP contribution in [0.4, 0.5) is 4.39 Å². The van der Waals surface area contributed by atoms with Gasteiger partial charge in [0.2, 0.25) is 5.91 Å². The van der Waals surface area contributed by atoms with Crippen molar-refractivity contribution in [2.75, 3.05) is 6.54 Å². The number of fused-ring (bicyclic) bond motifs is 1. The number of halogens is 1. The number of amides is 1. The fourth-order valence-electron chi connectivity index (χ4n) is 3.73. The van der Waals surface area contributed by atoms with Crippen molar-refractivity contribution < 1.29 is 9.18 Å². The average molecular weight is 410 g/mol. The van der Waals surface area contributed by atoms with Gasteiger partial charge in [-0.1, -0.05) is 39.3 Å². The molecule has 5 heteroatoms. The zero-order valence-electron chi connectivity index (χ0n) is 18.6. The third kappa shape index (κ3) is 4.89. The predicted octanol–water partition coefficient (Wildman–Crippen LogP) is 5.50. The third-order valence-corrected chi connectivity index (χ3v) is 5.51. The molecule has 0 aliphatic carbocycles. The molecular weight excluding hydrogens is 377 g/mol. The van der Waals surface area contributed by atoms with Crippen molar-refractivity contribution in [3.05, 3.63) is 64.7 Å². The van der Waals surface area contributed by atoms with Crippen molar-refractivity contribution in [2.24, 2.45) is 5.92 Å². The lowest BCUT2D eigenvalue weighted by Gasteiger charge is -2.22. The summed E-state index contributed by atoms with van der Waals surface area (Å²) in [7, 11) is 0. The molecule has 1 atom stereocenters. The lowest BCUT2D eigenvalue weighted by atomic mass is 10.1. The average Bonchev–Trinajstić information content (AvgIpc) is 3.02. The summed E-state index contributed by atoms with van der Waals surface area (Å²) in [5.41, 5.74) is 5.20. The highest BCUT2D eigenvalue weighted by atomic mass is 19.1. The van der Waals surface area contributed by atoms with E-state index in [2.05, 4.69) is 56.6 Å². The number of aromatic nitrogens is 2. The maximum atomic E-state index is 13.4. The number of nitrogens with zero attached hydrogens (tertiary/aromatic N) is 2. The summed E-state index contributed by atoms with van der Waals surface area (Å²) in [6, 6.07) is 10.4. The first-order valence-electron chi connectivity index (χ1n) is 10.8. The van der Waals surface area contributed by atoms with Crippen molar-refractivity contribution in [3.8, 4) is 0 Å². The summed E-state index contributed by atoms with van der Waals surface area (Å²) in [6.07, 6.45) is 2.17. The summed E-state index contributed by atoms with van der Waals surface area (Å²) in [5.74, 6) is 0.998. The summed E-state index contributed by atoms with van der Waals surface area (Å²) < 4.78 is 15.5. The number of nitrogens with one attached hydrogen (secondary N) is 1. The molecule has 3 rings (SSSR count). The Morgan fingerprint density at radius 1 is 1.13 bits per heavy atom. The highest BCUT2D eigenvalue weighted by Crippen LogP contribution is 2.28. The van der Waals surface area contributed by atoms with Gasteiger partial charge in [0, 0.05) is 13.0 Å². The van der Waals surface area contributed by atoms with Gasteiger partial charge in [0.15, 0.2) is 0 Å². The summed E-state index contributed by atoms with van der Waals surface area (Å²) in [4.78, 5) is 18.1. The molecule has 30 heavy (non-hydrogen) atoms. The second-order valence-electron chi connectivity index (χ2n) is 8.57. The third-order valence-electron chi connectivity index (χ3n) is 5.51. The highest BCUT2D eigenvalue weighted by molar-refractivity contribution is 5.85. The second kappa shape index (κ2) is 9.41. The number of hydrogen-bond donors (Lipinski definition) is 1. The first-order chi connectivity index (χ1) is 14.3. The van der Waals surface area contributed by atoms with E-state index in [1.165, 1.54) is 23.3 Å². The predicted molar refractivity (Wildman–Crippen MR) is 120 cm³/mol. The largest absolute Gasteiger partial charge is 0.354 e. The van der Waals surface area contributed by atoms with E-state index in [9.17, 15) is 9.18 Å². The molecule has 3 aromatic rings. The molecule has 160 valence electrons. The quantitative estimate of drug-likeness (QED) is 0.534. The fourth-order valence-corrected chi connectivity index (χ4v) is 3.73. The van der Waals surface area contributed by atoms with Crippen molar-refractivity contribution in [3.63, 3.8) is 0 Å². The molecule has 0 saturated carbocycles. The molecule has 0 fully saturated rings. The highest BCUT2D eigenvalue weighted by Gasteiger charge is 2.25. The van der Waals surface area contributed by atoms with E-state index >= 15 is 0 Å². The molecule has 0 spiro atoms. The molecule has 0 saturated heterocycles. The van der Waals surface area contributed by atoms with Gasteiger partial charge >= 0.3 is 0 Å². The van der Waals surface area contributed by atoms with Crippen LogP contribution in [0.1, 0.15) is 62.2 Å². The number of carbonyl (C=O) groups is 1. The van der Waals surface area contributed by atoms with Crippen LogP contribution in [0.5, 0.6) is 0 Å². The zero-order chi connectivity index (χ0) is 21.8. The molecule has 1 aromatic heterocycles. The van der Waals surface area contributed by atoms with Crippen molar-refractivity contribution >= 4 is 16.9 Å². The monoisotopic (exact) mass is 409 g/mol. The van der Waals surface area contributed by atoms with Gasteiger partial charge in [-0.2, -0.15) is 0 Å². The molecule has 4 nitrogen and oxygen atoms in total. The molecule has 0 aliphatic heterocycles. The second-order valence-corrected chi connectivity index (χ2v) is 8.57. The van der Waals surface area contributed by atoms with Crippen molar-refractivity contribution in [2.45, 2.75) is 59.9 Å². The van der Waals surface area contributed by atoms with Gasteiger partial charge in [0.25, 0.3) is 0 Å². The van der Waals surface area contributed by atoms with Crippen LogP contribution in [0.25, 0.3) is 11.0 Å². The van der Waals surface area contributed by atoms with E-state index in [1.807, 2.05) is 0 Å². The number of carbonyl (C=O) groups excluding carboxylic acids is 1. The summed E-state index contributed by atoms with van der Waals surface area (Å²) >= 11 is 0. The lowest BCUT2D eigenvalue weighted by molar-refractivity contribution is -0.124. The van der Waals surface area contributed by atoms with Crippen LogP contribution in [-0.2, 0) is 11.2 Å². The van der Waals surface area contributed by atoms with Crippen molar-refractivity contribution in [1.29, 1.82) is 0 Å². The Hall–Kier alpha value is -2.69. The SMILES string of the molecule is CCCC(C(=O)NCC(C)C)n1c(Cc2ccc(F)cc2)nc2cc(C)c(C)cc21. The van der Waals surface area contributed by atoms with E-state index in [4.69, 9.17) is 4.98 Å². The standard InChI is InChI=1S/C25H32FN3O/c1-6-7-22(25(30)27-15-16(2)3)29-23-13-18(5)17(4)12-21(23)28-24(29)14-19-8-10-20(26)11-9-19/h8-13,16,22H,6-7,14-15H2,1-5H3,(H,27,30). The molecule has 1 amide bonds. The van der Waals surface area contributed by atoms with Gasteiger partial charge in [-0.15, -0.1) is 0 Å². The van der Waals surface area contributed by atoms with Gasteiger partial charge < -0.3 is 9.88 Å². The Balaban J connectivity index is 2.10. The minimum atomic E-state index is -0.323. The van der Waals surface area contributed by atoms with Gasteiger partial charge in [-0.05, 0) is 67.1 Å². The minimum Gasteiger partial charge on any atom is -0.354 e. The maximum absolute atomic E-state index is 13.4. The molecule has 1 N–H and O–H groups in total. The summed E-state index contributed by atoms with van der Waals surface area (Å²) in [5, 5.41) is 3.11. The van der Waals surface area contributed by atoms with E-state index in [1.54, 1.807) is 12.1 Å². The molecular formula is C25H32FN3O. The first-order valence-corrected chi connectivity index (χ1v) is 10.8. The molecule has 1 heterocycles. The minimum absolute atomic E-state index is 0.0310. The topological polar surface area (TPSA) is 46.9 Å². The van der Waals surface area contributed by atoms with Crippen LogP contribution in [0.3, 0.4) is 0 Å². The number of aryl methyl sites for hydroxylation is 2. The number of hydrogen-bond acceptors (Lipinski definition) is 2. The molecule has 0 radical (unpaired) electrons. The zero-order valence-corrected chi connectivity index (χ0v) is 18.6. The van der Waals surface area contributed by atoms with Crippen LogP contribution < -0.4 is 5.32 Å². The first kappa shape index (κ1) is 22.0. The van der Waals surface area contributed by atoms with Gasteiger partial charge in [-0.3, -0.25) is 4.79 Å². The smallest absolute Gasteiger partial charge is 0.243 e. The molecule has 0 aliphatic rings. The van der Waals surface area contributed by atoms with Gasteiger partial charge in [-0.25, -0.2) is 9.37 Å². The van der Waals surface area contributed by atoms with Crippen LogP contribution >= 0.6 is 0 Å². The Kier molecular flexibility index (Phi) is 6.91. The van der Waals surface area contributed by atoms with Gasteiger partial charge in [0.05, 0.1) is 11.0 Å². The summed E-state index contributed by atoms with van der Waals surface area (Å²) in [6.45, 7) is 11.1. The van der Waals surface area contributed by atoms with E-state index in [0.29, 0.717) is 18.9 Å². The van der Waals surface area contributed by atoms with E-state index in [0.717, 1.165) is 35.3 Å². The molecule has 2 aromatic carbocycles. The Morgan fingerprint density at radius 2 is 1.80 bits per heavy atom. The van der Waals surface area contributed by atoms with E-state index < -0.39 is 0 Å². The number of rotatable bonds is 8. The van der Waals surface area contributed by atoms with Crippen molar-refractivity contribution in [1.82, 2.24) is 14.9 Å².